The fourth-order valence-electron chi connectivity index (χ4n) is 6.91. The summed E-state index contributed by atoms with van der Waals surface area (Å²) in [4.78, 5) is 0. The lowest BCUT2D eigenvalue weighted by molar-refractivity contribution is -0.0365. The Morgan fingerprint density at radius 3 is 2.64 bits per heavy atom. The molecule has 3 fully saturated rings. The van der Waals surface area contributed by atoms with E-state index in [4.69, 9.17) is 4.74 Å². The molecule has 0 radical (unpaired) electrons. The Balaban J connectivity index is 1.62. The van der Waals surface area contributed by atoms with Gasteiger partial charge >= 0.3 is 0 Å². The molecule has 3 aliphatic rings. The van der Waals surface area contributed by atoms with Crippen LogP contribution in [0, 0.1) is 17.3 Å². The minimum atomic E-state index is -0.630. The normalized spacial score (nSPS) is 36.4. The van der Waals surface area contributed by atoms with Crippen LogP contribution in [0.5, 0.6) is 0 Å². The lowest BCUT2D eigenvalue weighted by Crippen LogP contribution is -2.39. The molecule has 0 bridgehead atoms. The molecule has 0 aromatic rings. The topological polar surface area (TPSA) is 69.9 Å². The molecule has 3 rings (SSSR count). The Morgan fingerprint density at radius 1 is 1.21 bits per heavy atom. The third-order valence-corrected chi connectivity index (χ3v) is 9.35. The van der Waals surface area contributed by atoms with Crippen LogP contribution in [0.25, 0.3) is 0 Å². The number of hydrogen-bond donors (Lipinski definition) is 3. The van der Waals surface area contributed by atoms with Gasteiger partial charge in [0.05, 0.1) is 23.9 Å². The average Bonchev–Trinajstić information content (AvgIpc) is 3.15. The summed E-state index contributed by atoms with van der Waals surface area (Å²) in [5.74, 6) is 1.14. The van der Waals surface area contributed by atoms with Gasteiger partial charge in [0, 0.05) is 13.0 Å². The highest BCUT2D eigenvalue weighted by molar-refractivity contribution is 5.38. The molecular weight excluding hydrogens is 412 g/mol. The Bertz CT molecular complexity index is 734. The van der Waals surface area contributed by atoms with Crippen LogP contribution in [0.3, 0.4) is 0 Å². The van der Waals surface area contributed by atoms with Gasteiger partial charge in [-0.05, 0) is 99.5 Å². The first-order valence-corrected chi connectivity index (χ1v) is 13.4. The van der Waals surface area contributed by atoms with E-state index in [0.717, 1.165) is 49.9 Å². The molecule has 0 aromatic carbocycles. The van der Waals surface area contributed by atoms with Crippen molar-refractivity contribution < 1.29 is 20.1 Å². The number of fused-ring (bicyclic) bond motifs is 1. The maximum absolute atomic E-state index is 10.5. The summed E-state index contributed by atoms with van der Waals surface area (Å²) in [5.41, 5.74) is 3.00. The molecule has 0 saturated heterocycles. The van der Waals surface area contributed by atoms with Gasteiger partial charge in [0.25, 0.3) is 0 Å². The van der Waals surface area contributed by atoms with Gasteiger partial charge < -0.3 is 20.1 Å². The molecule has 0 aromatic heterocycles. The molecule has 188 valence electrons. The Morgan fingerprint density at radius 2 is 1.94 bits per heavy atom. The van der Waals surface area contributed by atoms with E-state index in [1.807, 2.05) is 0 Å². The predicted octanol–water partition coefficient (Wildman–Crippen LogP) is 5.86. The smallest absolute Gasteiger partial charge is 0.0811 e. The van der Waals surface area contributed by atoms with E-state index in [0.29, 0.717) is 24.7 Å². The summed E-state index contributed by atoms with van der Waals surface area (Å²) in [7, 11) is 0. The molecule has 6 atom stereocenters. The fraction of sp³-hybridized carbons (Fsp3) is 0.793. The molecular formula is C29H48O4. The average molecular weight is 461 g/mol. The molecule has 33 heavy (non-hydrogen) atoms. The zero-order valence-electron chi connectivity index (χ0n) is 21.5. The van der Waals surface area contributed by atoms with E-state index in [1.54, 1.807) is 0 Å². The summed E-state index contributed by atoms with van der Waals surface area (Å²) in [6, 6.07) is 0. The van der Waals surface area contributed by atoms with Gasteiger partial charge in [-0.15, -0.1) is 0 Å². The van der Waals surface area contributed by atoms with E-state index in [2.05, 4.69) is 46.4 Å². The summed E-state index contributed by atoms with van der Waals surface area (Å²) in [5, 5.41) is 30.7. The Kier molecular flexibility index (Phi) is 9.05. The van der Waals surface area contributed by atoms with Crippen molar-refractivity contribution >= 4 is 0 Å². The third-order valence-electron chi connectivity index (χ3n) is 9.35. The first-order valence-electron chi connectivity index (χ1n) is 13.4. The number of aliphatic hydroxyl groups excluding tert-OH is 2. The molecule has 0 spiro atoms. The lowest BCUT2D eigenvalue weighted by atomic mass is 9.62. The Labute approximate surface area is 201 Å². The largest absolute Gasteiger partial charge is 0.393 e. The van der Waals surface area contributed by atoms with Crippen molar-refractivity contribution in [3.05, 3.63) is 35.5 Å². The molecule has 4 nitrogen and oxygen atoms in total. The summed E-state index contributed by atoms with van der Waals surface area (Å²) >= 11 is 0. The first kappa shape index (κ1) is 26.7. The second-order valence-corrected chi connectivity index (χ2v) is 11.3. The van der Waals surface area contributed by atoms with Gasteiger partial charge in [-0.1, -0.05) is 45.1 Å². The summed E-state index contributed by atoms with van der Waals surface area (Å²) < 4.78 is 6.34. The van der Waals surface area contributed by atoms with Crippen LogP contribution in [0.4, 0.5) is 0 Å². The molecule has 3 saturated carbocycles. The van der Waals surface area contributed by atoms with Crippen molar-refractivity contribution in [2.75, 3.05) is 6.61 Å². The highest BCUT2D eigenvalue weighted by Gasteiger charge is 2.51. The minimum Gasteiger partial charge on any atom is -0.393 e. The number of ether oxygens (including phenoxy) is 1. The molecule has 0 heterocycles. The van der Waals surface area contributed by atoms with Crippen molar-refractivity contribution in [1.29, 1.82) is 0 Å². The SMILES string of the molecule is C=C1/C(=C\C=C2\CCC[C@]3(C)[C@@H]([C@@H](C)OCCCC(O)(CC)CC)CC[C@@H]23)C[C@@H](O)C[C@@H]1O. The number of rotatable bonds is 9. The van der Waals surface area contributed by atoms with E-state index in [9.17, 15) is 15.3 Å². The van der Waals surface area contributed by atoms with Crippen LogP contribution in [-0.4, -0.2) is 45.8 Å². The van der Waals surface area contributed by atoms with Crippen LogP contribution in [-0.2, 0) is 4.74 Å². The maximum Gasteiger partial charge on any atom is 0.0811 e. The second-order valence-electron chi connectivity index (χ2n) is 11.3. The summed E-state index contributed by atoms with van der Waals surface area (Å²) in [6.07, 6.45) is 13.8. The highest BCUT2D eigenvalue weighted by Crippen LogP contribution is 2.58. The van der Waals surface area contributed by atoms with Crippen molar-refractivity contribution in [1.82, 2.24) is 0 Å². The van der Waals surface area contributed by atoms with Gasteiger partial charge in [0.2, 0.25) is 0 Å². The number of allylic oxidation sites excluding steroid dienone is 3. The van der Waals surface area contributed by atoms with Gasteiger partial charge in [-0.25, -0.2) is 0 Å². The van der Waals surface area contributed by atoms with Gasteiger partial charge in [0.1, 0.15) is 0 Å². The monoisotopic (exact) mass is 460 g/mol. The van der Waals surface area contributed by atoms with Crippen LogP contribution < -0.4 is 0 Å². The van der Waals surface area contributed by atoms with Gasteiger partial charge in [-0.3, -0.25) is 0 Å². The van der Waals surface area contributed by atoms with E-state index in [1.165, 1.54) is 31.3 Å². The van der Waals surface area contributed by atoms with Crippen molar-refractivity contribution in [2.24, 2.45) is 17.3 Å². The summed E-state index contributed by atoms with van der Waals surface area (Å²) in [6.45, 7) is 13.6. The van der Waals surface area contributed by atoms with E-state index < -0.39 is 17.8 Å². The number of hydrogen-bond acceptors (Lipinski definition) is 4. The fourth-order valence-corrected chi connectivity index (χ4v) is 6.91. The maximum atomic E-state index is 10.5. The van der Waals surface area contributed by atoms with E-state index in [-0.39, 0.29) is 11.5 Å². The molecule has 3 N–H and O–H groups in total. The quantitative estimate of drug-likeness (QED) is 0.377. The van der Waals surface area contributed by atoms with Crippen LogP contribution in [0.15, 0.2) is 35.5 Å². The zero-order chi connectivity index (χ0) is 24.2. The zero-order valence-corrected chi connectivity index (χ0v) is 21.5. The van der Waals surface area contributed by atoms with Crippen molar-refractivity contribution in [3.8, 4) is 0 Å². The van der Waals surface area contributed by atoms with Crippen LogP contribution in [0.2, 0.25) is 0 Å². The predicted molar refractivity (Wildman–Crippen MR) is 135 cm³/mol. The second kappa shape index (κ2) is 11.2. The Hall–Kier alpha value is -0.940. The molecule has 0 amide bonds. The highest BCUT2D eigenvalue weighted by atomic mass is 16.5. The van der Waals surface area contributed by atoms with Crippen LogP contribution in [0.1, 0.15) is 98.3 Å². The van der Waals surface area contributed by atoms with E-state index >= 15 is 0 Å². The molecule has 3 aliphatic carbocycles. The van der Waals surface area contributed by atoms with Crippen LogP contribution >= 0.6 is 0 Å². The molecule has 4 heteroatoms. The van der Waals surface area contributed by atoms with Gasteiger partial charge in [-0.2, -0.15) is 0 Å². The molecule has 0 unspecified atom stereocenters. The van der Waals surface area contributed by atoms with Crippen molar-refractivity contribution in [3.63, 3.8) is 0 Å². The standard InChI is InChI=1S/C29H48O4/c1-6-29(32,7-2)16-9-17-33-21(4)25-13-14-26-22(10-8-15-28(25,26)5)11-12-23-18-24(30)19-27(31)20(23)3/h11-12,21,24-27,30-32H,3,6-10,13-19H2,1-2,4-5H3/b22-11-,23-12-/t21-,24-,25-,26+,27+,28-/m1/s1. The lowest BCUT2D eigenvalue weighted by Gasteiger charge is -2.44. The minimum absolute atomic E-state index is 0.234. The van der Waals surface area contributed by atoms with Crippen molar-refractivity contribution in [2.45, 2.75) is 122 Å². The first-order chi connectivity index (χ1) is 15.6. The van der Waals surface area contributed by atoms with Gasteiger partial charge in [0.15, 0.2) is 0 Å². The third kappa shape index (κ3) is 6.01. The molecule has 0 aliphatic heterocycles. The number of aliphatic hydroxyl groups is 3.